The first kappa shape index (κ1) is 13.1. The third-order valence-electron chi connectivity index (χ3n) is 3.02. The highest BCUT2D eigenvalue weighted by Gasteiger charge is 2.17. The van der Waals surface area contributed by atoms with Crippen LogP contribution in [0.2, 0.25) is 5.02 Å². The Morgan fingerprint density at radius 1 is 1.53 bits per heavy atom. The Hall–Kier alpha value is -0.320. The number of hydrogen-bond acceptors (Lipinski definition) is 3. The van der Waals surface area contributed by atoms with Crippen molar-refractivity contribution in [3.05, 3.63) is 21.8 Å². The van der Waals surface area contributed by atoms with Crippen molar-refractivity contribution in [3.8, 4) is 0 Å². The predicted molar refractivity (Wildman–Crippen MR) is 73.8 cm³/mol. The van der Waals surface area contributed by atoms with E-state index in [1.54, 1.807) is 6.20 Å². The highest BCUT2D eigenvalue weighted by Crippen LogP contribution is 2.27. The van der Waals surface area contributed by atoms with Crippen LogP contribution in [-0.2, 0) is 4.74 Å². The van der Waals surface area contributed by atoms with Crippen LogP contribution in [0, 0.1) is 5.92 Å². The van der Waals surface area contributed by atoms with Gasteiger partial charge in [0, 0.05) is 33.0 Å². The quantitative estimate of drug-likeness (QED) is 0.854. The summed E-state index contributed by atoms with van der Waals surface area (Å²) in [6.45, 7) is 2.78. The summed E-state index contributed by atoms with van der Waals surface area (Å²) in [5.74, 6) is 1.64. The third kappa shape index (κ3) is 3.57. The van der Waals surface area contributed by atoms with Crippen LogP contribution in [0.25, 0.3) is 0 Å². The minimum Gasteiger partial charge on any atom is -0.381 e. The first-order chi connectivity index (χ1) is 8.16. The first-order valence-electron chi connectivity index (χ1n) is 5.76. The molecule has 1 aliphatic heterocycles. The van der Waals surface area contributed by atoms with Crippen molar-refractivity contribution < 1.29 is 4.74 Å². The van der Waals surface area contributed by atoms with Crippen molar-refractivity contribution >= 4 is 33.3 Å². The maximum Gasteiger partial charge on any atom is 0.142 e. The summed E-state index contributed by atoms with van der Waals surface area (Å²) in [5.41, 5.74) is 0. The van der Waals surface area contributed by atoms with Crippen molar-refractivity contribution in [2.45, 2.75) is 12.8 Å². The average Bonchev–Trinajstić information content (AvgIpc) is 2.30. The molecule has 3 nitrogen and oxygen atoms in total. The number of nitrogens with zero attached hydrogens (tertiary/aromatic N) is 2. The van der Waals surface area contributed by atoms with E-state index < -0.39 is 0 Å². The SMILES string of the molecule is CN(CC1CCOCC1)c1ncc(Cl)cc1Br. The molecular formula is C12H16BrClN2O. The van der Waals surface area contributed by atoms with Crippen molar-refractivity contribution in [1.82, 2.24) is 4.98 Å². The second-order valence-corrected chi connectivity index (χ2v) is 5.69. The minimum absolute atomic E-state index is 0.653. The second-order valence-electron chi connectivity index (χ2n) is 4.40. The largest absolute Gasteiger partial charge is 0.381 e. The van der Waals surface area contributed by atoms with Crippen LogP contribution < -0.4 is 4.90 Å². The molecule has 1 aliphatic rings. The van der Waals surface area contributed by atoms with Gasteiger partial charge in [-0.3, -0.25) is 0 Å². The van der Waals surface area contributed by atoms with E-state index in [0.717, 1.165) is 42.9 Å². The summed E-state index contributed by atoms with van der Waals surface area (Å²) < 4.78 is 6.31. The lowest BCUT2D eigenvalue weighted by molar-refractivity contribution is 0.0685. The van der Waals surface area contributed by atoms with E-state index in [-0.39, 0.29) is 0 Å². The molecule has 0 radical (unpaired) electrons. The molecule has 1 fully saturated rings. The molecule has 2 rings (SSSR count). The fraction of sp³-hybridized carbons (Fsp3) is 0.583. The van der Waals surface area contributed by atoms with Gasteiger partial charge in [-0.2, -0.15) is 0 Å². The number of pyridine rings is 1. The number of aromatic nitrogens is 1. The molecule has 5 heteroatoms. The summed E-state index contributed by atoms with van der Waals surface area (Å²) >= 11 is 9.39. The van der Waals surface area contributed by atoms with Crippen LogP contribution in [0.1, 0.15) is 12.8 Å². The lowest BCUT2D eigenvalue weighted by Crippen LogP contribution is -2.30. The third-order valence-corrected chi connectivity index (χ3v) is 3.81. The Morgan fingerprint density at radius 2 is 2.24 bits per heavy atom. The summed E-state index contributed by atoms with van der Waals surface area (Å²) in [5, 5.41) is 0.653. The van der Waals surface area contributed by atoms with Gasteiger partial charge in [-0.1, -0.05) is 11.6 Å². The molecule has 1 saturated heterocycles. The molecule has 0 unspecified atom stereocenters. The van der Waals surface area contributed by atoms with Gasteiger partial charge in [0.2, 0.25) is 0 Å². The highest BCUT2D eigenvalue weighted by molar-refractivity contribution is 9.10. The average molecular weight is 320 g/mol. The molecule has 1 aromatic heterocycles. The van der Waals surface area contributed by atoms with Crippen LogP contribution in [0.5, 0.6) is 0 Å². The smallest absolute Gasteiger partial charge is 0.142 e. The Bertz CT molecular complexity index is 383. The fourth-order valence-electron chi connectivity index (χ4n) is 2.09. The molecule has 0 amide bonds. The summed E-state index contributed by atoms with van der Waals surface area (Å²) in [4.78, 5) is 6.54. The van der Waals surface area contributed by atoms with Crippen LogP contribution in [0.15, 0.2) is 16.7 Å². The maximum atomic E-state index is 5.89. The molecule has 2 heterocycles. The number of ether oxygens (including phenoxy) is 1. The Labute approximate surface area is 115 Å². The topological polar surface area (TPSA) is 25.4 Å². The second kappa shape index (κ2) is 6.03. The van der Waals surface area contributed by atoms with E-state index in [1.807, 2.05) is 6.07 Å². The van der Waals surface area contributed by atoms with Gasteiger partial charge in [-0.25, -0.2) is 4.98 Å². The zero-order chi connectivity index (χ0) is 12.3. The minimum atomic E-state index is 0.653. The van der Waals surface area contributed by atoms with Gasteiger partial charge in [0.15, 0.2) is 0 Å². The summed E-state index contributed by atoms with van der Waals surface area (Å²) in [6.07, 6.45) is 3.95. The molecule has 0 aromatic carbocycles. The Morgan fingerprint density at radius 3 is 2.88 bits per heavy atom. The van der Waals surface area contributed by atoms with E-state index in [2.05, 4.69) is 32.9 Å². The lowest BCUT2D eigenvalue weighted by Gasteiger charge is -2.28. The van der Waals surface area contributed by atoms with Gasteiger partial charge in [-0.15, -0.1) is 0 Å². The first-order valence-corrected chi connectivity index (χ1v) is 6.94. The number of anilines is 1. The fourth-order valence-corrected chi connectivity index (χ4v) is 3.03. The molecule has 0 N–H and O–H groups in total. The molecule has 0 aliphatic carbocycles. The summed E-state index contributed by atoms with van der Waals surface area (Å²) in [6, 6.07) is 1.88. The van der Waals surface area contributed by atoms with Crippen LogP contribution >= 0.6 is 27.5 Å². The zero-order valence-electron chi connectivity index (χ0n) is 9.83. The predicted octanol–water partition coefficient (Wildman–Crippen LogP) is 3.36. The van der Waals surface area contributed by atoms with Gasteiger partial charge in [-0.05, 0) is 40.8 Å². The molecule has 0 bridgehead atoms. The molecule has 17 heavy (non-hydrogen) atoms. The van der Waals surface area contributed by atoms with Gasteiger partial charge in [0.25, 0.3) is 0 Å². The van der Waals surface area contributed by atoms with Crippen molar-refractivity contribution in [1.29, 1.82) is 0 Å². The lowest BCUT2D eigenvalue weighted by atomic mass is 10.00. The van der Waals surface area contributed by atoms with Crippen molar-refractivity contribution in [3.63, 3.8) is 0 Å². The standard InChI is InChI=1S/C12H16BrClN2O/c1-16(8-9-2-4-17-5-3-9)12-11(13)6-10(14)7-15-12/h6-7,9H,2-5,8H2,1H3. The highest BCUT2D eigenvalue weighted by atomic mass is 79.9. The number of halogens is 2. The Balaban J connectivity index is 2.00. The van der Waals surface area contributed by atoms with Crippen LogP contribution in [0.3, 0.4) is 0 Å². The molecule has 0 spiro atoms. The van der Waals surface area contributed by atoms with Gasteiger partial charge in [0.05, 0.1) is 9.50 Å². The molecule has 0 saturated carbocycles. The van der Waals surface area contributed by atoms with Gasteiger partial charge >= 0.3 is 0 Å². The zero-order valence-corrected chi connectivity index (χ0v) is 12.2. The normalized spacial score (nSPS) is 17.1. The van der Waals surface area contributed by atoms with Gasteiger partial charge < -0.3 is 9.64 Å². The van der Waals surface area contributed by atoms with E-state index in [9.17, 15) is 0 Å². The van der Waals surface area contributed by atoms with E-state index in [4.69, 9.17) is 16.3 Å². The van der Waals surface area contributed by atoms with Crippen LogP contribution in [-0.4, -0.2) is 31.8 Å². The van der Waals surface area contributed by atoms with Crippen LogP contribution in [0.4, 0.5) is 5.82 Å². The van der Waals surface area contributed by atoms with E-state index >= 15 is 0 Å². The number of rotatable bonds is 3. The van der Waals surface area contributed by atoms with Crippen molar-refractivity contribution in [2.75, 3.05) is 31.7 Å². The Kier molecular flexibility index (Phi) is 4.65. The molecule has 0 atom stereocenters. The van der Waals surface area contributed by atoms with E-state index in [1.165, 1.54) is 0 Å². The van der Waals surface area contributed by atoms with Gasteiger partial charge in [0.1, 0.15) is 5.82 Å². The monoisotopic (exact) mass is 318 g/mol. The summed E-state index contributed by atoms with van der Waals surface area (Å²) in [7, 11) is 2.07. The maximum absolute atomic E-state index is 5.89. The molecule has 94 valence electrons. The molecular weight excluding hydrogens is 304 g/mol. The number of hydrogen-bond donors (Lipinski definition) is 0. The van der Waals surface area contributed by atoms with E-state index in [0.29, 0.717) is 10.9 Å². The van der Waals surface area contributed by atoms with Crippen molar-refractivity contribution in [2.24, 2.45) is 5.92 Å². The molecule has 1 aromatic rings.